The minimum absolute atomic E-state index is 0.0395. The van der Waals surface area contributed by atoms with Crippen molar-refractivity contribution in [1.29, 1.82) is 0 Å². The molecule has 2 heterocycles. The van der Waals surface area contributed by atoms with Gasteiger partial charge in [0.25, 0.3) is 15.9 Å². The van der Waals surface area contributed by atoms with Crippen LogP contribution in [0.5, 0.6) is 0 Å². The topological polar surface area (TPSA) is 105 Å². The minimum atomic E-state index is -3.77. The standard InChI is InChI=1S/C24H27N5O3S/c1-16(2)23-21(15-26-29(23)19-11-9-17(3)10-12-19)24(30)27-18-6-4-7-20(14-18)33(31,32)28-22-8-5-13-25-22/h4,6-7,9-12,14-16H,5,8,13H2,1-3H3,(H,25,28)(H,27,30). The average molecular weight is 466 g/mol. The molecule has 1 aliphatic rings. The summed E-state index contributed by atoms with van der Waals surface area (Å²) in [6.07, 6.45) is 2.99. The molecule has 0 radical (unpaired) electrons. The van der Waals surface area contributed by atoms with Crippen molar-refractivity contribution in [3.05, 3.63) is 71.5 Å². The SMILES string of the molecule is Cc1ccc(-n2ncc(C(=O)Nc3cccc(S(=O)(=O)NC4=NCCC4)c3)c2C(C)C)cc1. The third-order valence-corrected chi connectivity index (χ3v) is 6.78. The van der Waals surface area contributed by atoms with E-state index in [2.05, 4.69) is 20.1 Å². The molecule has 1 aliphatic heterocycles. The van der Waals surface area contributed by atoms with Gasteiger partial charge >= 0.3 is 0 Å². The average Bonchev–Trinajstić information content (AvgIpc) is 3.44. The van der Waals surface area contributed by atoms with Gasteiger partial charge in [0.15, 0.2) is 0 Å². The fraction of sp³-hybridized carbons (Fsp3) is 0.292. The Labute approximate surface area is 193 Å². The lowest BCUT2D eigenvalue weighted by Crippen LogP contribution is -2.29. The van der Waals surface area contributed by atoms with Crippen LogP contribution >= 0.6 is 0 Å². The van der Waals surface area contributed by atoms with E-state index in [-0.39, 0.29) is 16.7 Å². The molecular weight excluding hydrogens is 438 g/mol. The Morgan fingerprint density at radius 3 is 2.55 bits per heavy atom. The Bertz CT molecular complexity index is 1310. The second-order valence-corrected chi connectivity index (χ2v) is 10.0. The zero-order valence-corrected chi connectivity index (χ0v) is 19.7. The highest BCUT2D eigenvalue weighted by molar-refractivity contribution is 7.90. The van der Waals surface area contributed by atoms with Gasteiger partial charge in [-0.05, 0) is 49.6 Å². The molecule has 2 aromatic carbocycles. The van der Waals surface area contributed by atoms with Crippen LogP contribution in [-0.4, -0.2) is 36.5 Å². The van der Waals surface area contributed by atoms with Gasteiger partial charge in [-0.1, -0.05) is 37.6 Å². The molecule has 0 saturated heterocycles. The number of aromatic nitrogens is 2. The summed E-state index contributed by atoms with van der Waals surface area (Å²) in [5.41, 5.74) is 3.61. The quantitative estimate of drug-likeness (QED) is 0.573. The first-order valence-electron chi connectivity index (χ1n) is 10.9. The number of nitrogens with zero attached hydrogens (tertiary/aromatic N) is 3. The first-order chi connectivity index (χ1) is 15.7. The van der Waals surface area contributed by atoms with Crippen molar-refractivity contribution in [2.24, 2.45) is 4.99 Å². The van der Waals surface area contributed by atoms with Crippen LogP contribution in [0.2, 0.25) is 0 Å². The maximum Gasteiger partial charge on any atom is 0.262 e. The van der Waals surface area contributed by atoms with E-state index in [0.29, 0.717) is 30.1 Å². The van der Waals surface area contributed by atoms with Crippen LogP contribution in [0.3, 0.4) is 0 Å². The van der Waals surface area contributed by atoms with E-state index in [1.165, 1.54) is 12.1 Å². The summed E-state index contributed by atoms with van der Waals surface area (Å²) in [4.78, 5) is 17.4. The van der Waals surface area contributed by atoms with Gasteiger partial charge in [-0.2, -0.15) is 5.10 Å². The van der Waals surface area contributed by atoms with Crippen molar-refractivity contribution < 1.29 is 13.2 Å². The van der Waals surface area contributed by atoms with E-state index in [9.17, 15) is 13.2 Å². The first kappa shape index (κ1) is 22.7. The van der Waals surface area contributed by atoms with E-state index >= 15 is 0 Å². The number of aryl methyl sites for hydroxylation is 1. The van der Waals surface area contributed by atoms with Crippen LogP contribution in [0, 0.1) is 6.92 Å². The maximum atomic E-state index is 13.1. The summed E-state index contributed by atoms with van der Waals surface area (Å²) in [5, 5.41) is 7.27. The molecule has 0 bridgehead atoms. The second-order valence-electron chi connectivity index (χ2n) is 8.36. The summed E-state index contributed by atoms with van der Waals surface area (Å²) in [6.45, 7) is 6.65. The van der Waals surface area contributed by atoms with E-state index in [1.807, 2.05) is 45.0 Å². The lowest BCUT2D eigenvalue weighted by molar-refractivity contribution is 0.102. The van der Waals surface area contributed by atoms with Gasteiger partial charge in [0.05, 0.1) is 28.0 Å². The third kappa shape index (κ3) is 4.98. The largest absolute Gasteiger partial charge is 0.322 e. The number of sulfonamides is 1. The van der Waals surface area contributed by atoms with Crippen LogP contribution in [0.4, 0.5) is 5.69 Å². The highest BCUT2D eigenvalue weighted by Crippen LogP contribution is 2.25. The summed E-state index contributed by atoms with van der Waals surface area (Å²) in [7, 11) is -3.77. The fourth-order valence-corrected chi connectivity index (χ4v) is 4.89. The van der Waals surface area contributed by atoms with Crippen molar-refractivity contribution in [3.63, 3.8) is 0 Å². The molecule has 2 N–H and O–H groups in total. The van der Waals surface area contributed by atoms with Crippen LogP contribution in [0.15, 0.2) is 64.6 Å². The van der Waals surface area contributed by atoms with Crippen LogP contribution in [0.25, 0.3) is 5.69 Å². The summed E-state index contributed by atoms with van der Waals surface area (Å²) in [6, 6.07) is 14.1. The minimum Gasteiger partial charge on any atom is -0.322 e. The van der Waals surface area contributed by atoms with Crippen LogP contribution in [-0.2, 0) is 10.0 Å². The molecular formula is C24H27N5O3S. The number of carbonyl (C=O) groups is 1. The van der Waals surface area contributed by atoms with Crippen molar-refractivity contribution in [3.8, 4) is 5.69 Å². The number of rotatable bonds is 6. The number of benzene rings is 2. The Kier molecular flexibility index (Phi) is 6.33. The molecule has 0 aliphatic carbocycles. The molecule has 172 valence electrons. The molecule has 8 nitrogen and oxygen atoms in total. The molecule has 3 aromatic rings. The number of amides is 1. The normalized spacial score (nSPS) is 13.8. The second kappa shape index (κ2) is 9.19. The zero-order valence-electron chi connectivity index (χ0n) is 18.9. The third-order valence-electron chi connectivity index (χ3n) is 5.41. The predicted molar refractivity (Wildman–Crippen MR) is 129 cm³/mol. The summed E-state index contributed by atoms with van der Waals surface area (Å²) in [5.74, 6) is 0.159. The maximum absolute atomic E-state index is 13.1. The molecule has 1 amide bonds. The van der Waals surface area contributed by atoms with Crippen LogP contribution < -0.4 is 10.0 Å². The monoisotopic (exact) mass is 465 g/mol. The van der Waals surface area contributed by atoms with Crippen molar-refractivity contribution in [2.45, 2.75) is 44.4 Å². The molecule has 0 fully saturated rings. The van der Waals surface area contributed by atoms with E-state index in [4.69, 9.17) is 0 Å². The van der Waals surface area contributed by atoms with Crippen molar-refractivity contribution in [1.82, 2.24) is 14.5 Å². The molecule has 1 aromatic heterocycles. The Morgan fingerprint density at radius 2 is 1.88 bits per heavy atom. The van der Waals surface area contributed by atoms with E-state index in [1.54, 1.807) is 23.0 Å². The smallest absolute Gasteiger partial charge is 0.262 e. The molecule has 0 saturated carbocycles. The Balaban J connectivity index is 1.59. The Morgan fingerprint density at radius 1 is 1.12 bits per heavy atom. The number of amidine groups is 1. The number of hydrogen-bond donors (Lipinski definition) is 2. The van der Waals surface area contributed by atoms with Gasteiger partial charge in [-0.15, -0.1) is 0 Å². The first-order valence-corrected chi connectivity index (χ1v) is 12.4. The fourth-order valence-electron chi connectivity index (χ4n) is 3.76. The van der Waals surface area contributed by atoms with Gasteiger partial charge in [-0.25, -0.2) is 13.1 Å². The van der Waals surface area contributed by atoms with E-state index in [0.717, 1.165) is 23.4 Å². The van der Waals surface area contributed by atoms with Crippen molar-refractivity contribution >= 4 is 27.5 Å². The number of aliphatic imine (C=N–C) groups is 1. The molecule has 0 unspecified atom stereocenters. The zero-order chi connectivity index (χ0) is 23.6. The number of carbonyl (C=O) groups excluding carboxylic acids is 1. The predicted octanol–water partition coefficient (Wildman–Crippen LogP) is 4.03. The summed E-state index contributed by atoms with van der Waals surface area (Å²) >= 11 is 0. The number of anilines is 1. The number of hydrogen-bond acceptors (Lipinski definition) is 5. The Hall–Kier alpha value is -3.46. The van der Waals surface area contributed by atoms with Gasteiger partial charge in [-0.3, -0.25) is 14.5 Å². The molecule has 0 spiro atoms. The lowest BCUT2D eigenvalue weighted by atomic mass is 10.0. The lowest BCUT2D eigenvalue weighted by Gasteiger charge is -2.14. The highest BCUT2D eigenvalue weighted by atomic mass is 32.2. The molecule has 4 rings (SSSR count). The van der Waals surface area contributed by atoms with Gasteiger partial charge in [0.2, 0.25) is 0 Å². The van der Waals surface area contributed by atoms with Crippen LogP contribution in [0.1, 0.15) is 54.2 Å². The van der Waals surface area contributed by atoms with Gasteiger partial charge < -0.3 is 5.32 Å². The van der Waals surface area contributed by atoms with Gasteiger partial charge in [0.1, 0.15) is 5.84 Å². The van der Waals surface area contributed by atoms with Gasteiger partial charge in [0, 0.05) is 18.7 Å². The number of nitrogens with one attached hydrogen (secondary N) is 2. The van der Waals surface area contributed by atoms with Crippen molar-refractivity contribution in [2.75, 3.05) is 11.9 Å². The molecule has 33 heavy (non-hydrogen) atoms. The summed E-state index contributed by atoms with van der Waals surface area (Å²) < 4.78 is 29.7. The molecule has 9 heteroatoms. The highest BCUT2D eigenvalue weighted by Gasteiger charge is 2.22. The molecule has 0 atom stereocenters. The van der Waals surface area contributed by atoms with E-state index < -0.39 is 10.0 Å².